The second-order valence-electron chi connectivity index (χ2n) is 7.89. The van der Waals surface area contributed by atoms with Crippen molar-refractivity contribution in [1.29, 1.82) is 0 Å². The van der Waals surface area contributed by atoms with Crippen molar-refractivity contribution in [3.8, 4) is 11.5 Å². The van der Waals surface area contributed by atoms with Crippen LogP contribution >= 0.6 is 11.3 Å². The van der Waals surface area contributed by atoms with E-state index in [0.717, 1.165) is 19.3 Å². The number of thiophene rings is 1. The number of rotatable bonds is 6. The van der Waals surface area contributed by atoms with E-state index in [1.54, 1.807) is 18.2 Å². The van der Waals surface area contributed by atoms with Crippen molar-refractivity contribution in [1.82, 2.24) is 5.43 Å². The topological polar surface area (TPSA) is 77.0 Å². The summed E-state index contributed by atoms with van der Waals surface area (Å²) in [4.78, 5) is 26.7. The molecule has 0 unspecified atom stereocenters. The zero-order chi connectivity index (χ0) is 23.4. The Bertz CT molecular complexity index is 1220. The number of ether oxygens (including phenoxy) is 2. The Morgan fingerprint density at radius 2 is 2.00 bits per heavy atom. The predicted octanol–water partition coefficient (Wildman–Crippen LogP) is 5.00. The molecule has 1 heterocycles. The van der Waals surface area contributed by atoms with Crippen LogP contribution in [0, 0.1) is 11.7 Å². The Balaban J connectivity index is 1.41. The number of amides is 1. The molecule has 1 amide bonds. The summed E-state index contributed by atoms with van der Waals surface area (Å²) in [6, 6.07) is 12.3. The number of carbonyl (C=O) groups excluding carboxylic acids is 2. The van der Waals surface area contributed by atoms with Gasteiger partial charge in [-0.05, 0) is 72.7 Å². The third kappa shape index (κ3) is 5.28. The first kappa shape index (κ1) is 22.7. The van der Waals surface area contributed by atoms with Gasteiger partial charge in [0.05, 0.1) is 23.8 Å². The van der Waals surface area contributed by atoms with Crippen molar-refractivity contribution < 1.29 is 23.5 Å². The zero-order valence-corrected chi connectivity index (χ0v) is 19.1. The number of methoxy groups -OCH3 is 1. The summed E-state index contributed by atoms with van der Waals surface area (Å²) >= 11 is 1.52. The molecular weight excluding hydrogens is 443 g/mol. The summed E-state index contributed by atoms with van der Waals surface area (Å²) in [5.74, 6) is -0.679. The van der Waals surface area contributed by atoms with Crippen molar-refractivity contribution in [2.24, 2.45) is 11.0 Å². The highest BCUT2D eigenvalue weighted by Gasteiger charge is 2.20. The van der Waals surface area contributed by atoms with E-state index in [9.17, 15) is 14.0 Å². The van der Waals surface area contributed by atoms with Gasteiger partial charge in [-0.1, -0.05) is 19.1 Å². The number of benzene rings is 2. The largest absolute Gasteiger partial charge is 0.493 e. The molecule has 1 atom stereocenters. The van der Waals surface area contributed by atoms with E-state index in [4.69, 9.17) is 9.47 Å². The molecular formula is C25H23FN2O4S. The zero-order valence-electron chi connectivity index (χ0n) is 18.3. The maximum absolute atomic E-state index is 13.8. The minimum Gasteiger partial charge on any atom is -0.493 e. The van der Waals surface area contributed by atoms with Crippen LogP contribution in [0.1, 0.15) is 49.4 Å². The highest BCUT2D eigenvalue weighted by molar-refractivity contribution is 7.14. The lowest BCUT2D eigenvalue weighted by atomic mass is 9.90. The highest BCUT2D eigenvalue weighted by atomic mass is 32.1. The average Bonchev–Trinajstić information content (AvgIpc) is 3.23. The number of fused-ring (bicyclic) bond motifs is 1. The number of nitrogens with zero attached hydrogens (tertiary/aromatic N) is 1. The van der Waals surface area contributed by atoms with Crippen LogP contribution in [0.5, 0.6) is 11.5 Å². The first-order valence-corrected chi connectivity index (χ1v) is 11.4. The molecule has 33 heavy (non-hydrogen) atoms. The first-order valence-electron chi connectivity index (χ1n) is 10.5. The summed E-state index contributed by atoms with van der Waals surface area (Å²) in [6.07, 6.45) is 4.65. The van der Waals surface area contributed by atoms with Gasteiger partial charge in [-0.2, -0.15) is 5.10 Å². The van der Waals surface area contributed by atoms with Gasteiger partial charge in [0, 0.05) is 4.88 Å². The minimum absolute atomic E-state index is 0.144. The predicted molar refractivity (Wildman–Crippen MR) is 125 cm³/mol. The van der Waals surface area contributed by atoms with Gasteiger partial charge >= 0.3 is 5.97 Å². The van der Waals surface area contributed by atoms with Gasteiger partial charge in [-0.15, -0.1) is 11.3 Å². The maximum atomic E-state index is 13.8. The van der Waals surface area contributed by atoms with E-state index < -0.39 is 11.8 Å². The number of hydrogen-bond donors (Lipinski definition) is 1. The fourth-order valence-electron chi connectivity index (χ4n) is 3.67. The molecule has 0 saturated heterocycles. The number of aryl methyl sites for hydroxylation is 1. The Morgan fingerprint density at radius 3 is 2.79 bits per heavy atom. The van der Waals surface area contributed by atoms with Gasteiger partial charge < -0.3 is 9.47 Å². The van der Waals surface area contributed by atoms with Crippen LogP contribution in [0.4, 0.5) is 4.39 Å². The molecule has 0 saturated carbocycles. The van der Waals surface area contributed by atoms with Crippen LogP contribution in [0.15, 0.2) is 53.6 Å². The second kappa shape index (κ2) is 9.95. The monoisotopic (exact) mass is 466 g/mol. The summed E-state index contributed by atoms with van der Waals surface area (Å²) < 4.78 is 24.4. The van der Waals surface area contributed by atoms with Gasteiger partial charge in [-0.25, -0.2) is 14.6 Å². The molecule has 0 fully saturated rings. The molecule has 0 spiro atoms. The molecule has 8 heteroatoms. The van der Waals surface area contributed by atoms with Crippen LogP contribution in [-0.2, 0) is 12.8 Å². The summed E-state index contributed by atoms with van der Waals surface area (Å²) in [5, 5.41) is 4.03. The van der Waals surface area contributed by atoms with E-state index >= 15 is 0 Å². The molecule has 6 nitrogen and oxygen atoms in total. The van der Waals surface area contributed by atoms with Crippen LogP contribution in [0.3, 0.4) is 0 Å². The van der Waals surface area contributed by atoms with E-state index in [-0.39, 0.29) is 23.0 Å². The number of carbonyl (C=O) groups is 2. The molecule has 170 valence electrons. The summed E-state index contributed by atoms with van der Waals surface area (Å²) in [5.41, 5.74) is 4.27. The molecule has 1 aliphatic rings. The lowest BCUT2D eigenvalue weighted by Gasteiger charge is -2.16. The van der Waals surface area contributed by atoms with Gasteiger partial charge in [0.15, 0.2) is 11.5 Å². The van der Waals surface area contributed by atoms with E-state index in [2.05, 4.69) is 17.5 Å². The number of hydrazone groups is 1. The minimum atomic E-state index is -0.826. The molecule has 0 aliphatic heterocycles. The molecule has 1 N–H and O–H groups in total. The normalized spacial score (nSPS) is 15.2. The Morgan fingerprint density at radius 1 is 1.18 bits per heavy atom. The fraction of sp³-hybridized carbons (Fsp3) is 0.240. The van der Waals surface area contributed by atoms with E-state index in [1.165, 1.54) is 59.4 Å². The summed E-state index contributed by atoms with van der Waals surface area (Å²) in [7, 11) is 1.43. The number of halogens is 1. The van der Waals surface area contributed by atoms with Gasteiger partial charge in [-0.3, -0.25) is 4.79 Å². The molecule has 1 aromatic heterocycles. The fourth-order valence-corrected chi connectivity index (χ4v) is 4.77. The van der Waals surface area contributed by atoms with Gasteiger partial charge in [0.25, 0.3) is 5.91 Å². The lowest BCUT2D eigenvalue weighted by Crippen LogP contribution is -2.16. The third-order valence-electron chi connectivity index (χ3n) is 5.42. The third-order valence-corrected chi connectivity index (χ3v) is 6.65. The Kier molecular flexibility index (Phi) is 6.84. The molecule has 1 aliphatic carbocycles. The van der Waals surface area contributed by atoms with E-state index in [1.807, 2.05) is 6.07 Å². The maximum Gasteiger partial charge on any atom is 0.346 e. The van der Waals surface area contributed by atoms with Gasteiger partial charge in [0.1, 0.15) is 5.82 Å². The van der Waals surface area contributed by atoms with Crippen LogP contribution in [0.2, 0.25) is 0 Å². The van der Waals surface area contributed by atoms with Crippen molar-refractivity contribution in [3.05, 3.63) is 80.8 Å². The SMILES string of the molecule is COc1cc(C=NNC(=O)c2cc3c(s2)CC[C@H](C)C3)ccc1OC(=O)c1ccccc1F. The quantitative estimate of drug-likeness (QED) is 0.240. The molecule has 0 radical (unpaired) electrons. The molecule has 4 rings (SSSR count). The number of esters is 1. The molecule has 0 bridgehead atoms. The second-order valence-corrected chi connectivity index (χ2v) is 9.02. The number of nitrogens with one attached hydrogen (secondary N) is 1. The smallest absolute Gasteiger partial charge is 0.346 e. The Labute approximate surface area is 195 Å². The van der Waals surface area contributed by atoms with Crippen molar-refractivity contribution >= 4 is 29.4 Å². The highest BCUT2D eigenvalue weighted by Crippen LogP contribution is 2.32. The number of hydrogen-bond acceptors (Lipinski definition) is 6. The van der Waals surface area contributed by atoms with Crippen LogP contribution < -0.4 is 14.9 Å². The lowest BCUT2D eigenvalue weighted by molar-refractivity contribution is 0.0724. The van der Waals surface area contributed by atoms with Crippen molar-refractivity contribution in [2.45, 2.75) is 26.2 Å². The first-order chi connectivity index (χ1) is 15.9. The average molecular weight is 467 g/mol. The Hall–Kier alpha value is -3.52. The summed E-state index contributed by atoms with van der Waals surface area (Å²) in [6.45, 7) is 2.23. The van der Waals surface area contributed by atoms with Gasteiger partial charge in [0.2, 0.25) is 0 Å². The molecule has 2 aromatic carbocycles. The van der Waals surface area contributed by atoms with Crippen LogP contribution in [-0.4, -0.2) is 25.2 Å². The van der Waals surface area contributed by atoms with Crippen LogP contribution in [0.25, 0.3) is 0 Å². The van der Waals surface area contributed by atoms with E-state index in [0.29, 0.717) is 16.4 Å². The van der Waals surface area contributed by atoms with Crippen molar-refractivity contribution in [3.63, 3.8) is 0 Å². The standard InChI is InChI=1S/C25H23FN2O4S/c1-15-7-10-22-17(11-15)13-23(33-22)24(29)28-27-14-16-8-9-20(21(12-16)31-2)32-25(30)18-5-3-4-6-19(18)26/h3-6,8-9,12-15H,7,10-11H2,1-2H3,(H,28,29)/t15-/m0/s1. The molecule has 3 aromatic rings. The van der Waals surface area contributed by atoms with Crippen molar-refractivity contribution in [2.75, 3.05) is 7.11 Å².